The number of urea groups is 1. The number of carbonyl (C=O) groups is 2. The van der Waals surface area contributed by atoms with Crippen molar-refractivity contribution in [2.45, 2.75) is 71.6 Å². The van der Waals surface area contributed by atoms with Crippen molar-refractivity contribution in [2.24, 2.45) is 0 Å². The molecule has 0 aliphatic carbocycles. The summed E-state index contributed by atoms with van der Waals surface area (Å²) >= 11 is 0. The number of nitrogens with one attached hydrogen (secondary N) is 2. The number of nitrogens with zero attached hydrogens (tertiary/aromatic N) is 2. The zero-order chi connectivity index (χ0) is 20.2. The van der Waals surface area contributed by atoms with E-state index < -0.39 is 17.4 Å². The third kappa shape index (κ3) is 5.82. The predicted molar refractivity (Wildman–Crippen MR) is 101 cm³/mol. The Hall–Kier alpha value is -2.35. The van der Waals surface area contributed by atoms with Crippen molar-refractivity contribution in [3.63, 3.8) is 0 Å². The average Bonchev–Trinajstić information content (AvgIpc) is 2.78. The van der Waals surface area contributed by atoms with Crippen LogP contribution >= 0.6 is 0 Å². The van der Waals surface area contributed by atoms with E-state index in [2.05, 4.69) is 15.6 Å². The molecule has 1 saturated heterocycles. The maximum Gasteiger partial charge on any atom is 0.412 e. The SMILES string of the molecule is CC1OC(C)(C)N(C(=O)OC(C)(C)C)C1CNC(=O)NCc1ccncc1. The first-order valence-electron chi connectivity index (χ1n) is 9.10. The van der Waals surface area contributed by atoms with Gasteiger partial charge in [-0.25, -0.2) is 9.59 Å². The van der Waals surface area contributed by atoms with E-state index in [1.165, 1.54) is 0 Å². The first-order valence-corrected chi connectivity index (χ1v) is 9.10. The lowest BCUT2D eigenvalue weighted by Crippen LogP contribution is -2.54. The fourth-order valence-electron chi connectivity index (χ4n) is 3.07. The molecule has 0 spiro atoms. The standard InChI is InChI=1S/C19H30N4O4/c1-13-15(12-22-16(24)21-11-14-7-9-20-10-8-14)23(19(5,6)26-13)17(25)27-18(2,3)4/h7-10,13,15H,11-12H2,1-6H3,(H2,21,22,24). The molecule has 2 atom stereocenters. The van der Waals surface area contributed by atoms with Gasteiger partial charge in [0.2, 0.25) is 0 Å². The Morgan fingerprint density at radius 2 is 1.89 bits per heavy atom. The van der Waals surface area contributed by atoms with Gasteiger partial charge in [-0.1, -0.05) is 0 Å². The summed E-state index contributed by atoms with van der Waals surface area (Å²) in [6.07, 6.45) is 2.65. The monoisotopic (exact) mass is 378 g/mol. The molecule has 1 aliphatic rings. The van der Waals surface area contributed by atoms with Crippen LogP contribution in [0.1, 0.15) is 47.1 Å². The van der Waals surface area contributed by atoms with E-state index in [0.29, 0.717) is 6.54 Å². The average molecular weight is 378 g/mol. The van der Waals surface area contributed by atoms with Crippen LogP contribution in [0.2, 0.25) is 0 Å². The topological polar surface area (TPSA) is 92.8 Å². The maximum atomic E-state index is 12.7. The minimum Gasteiger partial charge on any atom is -0.444 e. The summed E-state index contributed by atoms with van der Waals surface area (Å²) in [6.45, 7) is 11.6. The molecule has 3 amide bonds. The molecule has 0 bridgehead atoms. The lowest BCUT2D eigenvalue weighted by molar-refractivity contribution is -0.0756. The largest absolute Gasteiger partial charge is 0.444 e. The summed E-state index contributed by atoms with van der Waals surface area (Å²) in [5.74, 6) is 0. The maximum absolute atomic E-state index is 12.7. The van der Waals surface area contributed by atoms with Crippen LogP contribution in [0.3, 0.4) is 0 Å². The van der Waals surface area contributed by atoms with Crippen LogP contribution in [-0.2, 0) is 16.0 Å². The Balaban J connectivity index is 1.95. The van der Waals surface area contributed by atoms with E-state index in [0.717, 1.165) is 5.56 Å². The number of rotatable bonds is 4. The number of hydrogen-bond donors (Lipinski definition) is 2. The minimum absolute atomic E-state index is 0.243. The Bertz CT molecular complexity index is 657. The zero-order valence-corrected chi connectivity index (χ0v) is 16.9. The van der Waals surface area contributed by atoms with Crippen LogP contribution in [0.4, 0.5) is 9.59 Å². The molecule has 1 aromatic heterocycles. The van der Waals surface area contributed by atoms with Crippen molar-refractivity contribution < 1.29 is 19.1 Å². The molecule has 0 aromatic carbocycles. The van der Waals surface area contributed by atoms with Gasteiger partial charge in [0.15, 0.2) is 0 Å². The van der Waals surface area contributed by atoms with Crippen molar-refractivity contribution >= 4 is 12.1 Å². The fraction of sp³-hybridized carbons (Fsp3) is 0.632. The second-order valence-corrected chi connectivity index (χ2v) is 8.11. The smallest absolute Gasteiger partial charge is 0.412 e. The normalized spacial score (nSPS) is 21.6. The number of carbonyl (C=O) groups excluding carboxylic acids is 2. The van der Waals surface area contributed by atoms with Crippen LogP contribution in [0, 0.1) is 0 Å². The second-order valence-electron chi connectivity index (χ2n) is 8.11. The highest BCUT2D eigenvalue weighted by atomic mass is 16.6. The summed E-state index contributed by atoms with van der Waals surface area (Å²) in [7, 11) is 0. The Morgan fingerprint density at radius 1 is 1.26 bits per heavy atom. The molecule has 2 unspecified atom stereocenters. The molecule has 1 aromatic rings. The van der Waals surface area contributed by atoms with E-state index in [-0.39, 0.29) is 24.7 Å². The molecule has 27 heavy (non-hydrogen) atoms. The summed E-state index contributed by atoms with van der Waals surface area (Å²) in [4.78, 5) is 30.3. The Kier molecular flexibility index (Phi) is 6.30. The quantitative estimate of drug-likeness (QED) is 0.840. The van der Waals surface area contributed by atoms with Crippen LogP contribution in [0.15, 0.2) is 24.5 Å². The van der Waals surface area contributed by atoms with Crippen LogP contribution in [-0.4, -0.2) is 52.0 Å². The van der Waals surface area contributed by atoms with Crippen LogP contribution in [0.25, 0.3) is 0 Å². The van der Waals surface area contributed by atoms with Crippen LogP contribution in [0.5, 0.6) is 0 Å². The Labute approximate surface area is 160 Å². The van der Waals surface area contributed by atoms with Gasteiger partial charge in [-0.15, -0.1) is 0 Å². The van der Waals surface area contributed by atoms with E-state index in [1.807, 2.05) is 53.7 Å². The van der Waals surface area contributed by atoms with Crippen molar-refractivity contribution in [1.82, 2.24) is 20.5 Å². The van der Waals surface area contributed by atoms with E-state index in [4.69, 9.17) is 9.47 Å². The molecule has 2 rings (SSSR count). The predicted octanol–water partition coefficient (Wildman–Crippen LogP) is 2.64. The van der Waals surface area contributed by atoms with Gasteiger partial charge in [-0.05, 0) is 59.2 Å². The number of aromatic nitrogens is 1. The molecular formula is C19H30N4O4. The molecule has 2 N–H and O–H groups in total. The number of pyridine rings is 1. The summed E-state index contributed by atoms with van der Waals surface area (Å²) in [5, 5.41) is 5.60. The second kappa shape index (κ2) is 8.12. The van der Waals surface area contributed by atoms with Crippen molar-refractivity contribution in [3.05, 3.63) is 30.1 Å². The van der Waals surface area contributed by atoms with Crippen molar-refractivity contribution in [3.8, 4) is 0 Å². The molecule has 150 valence electrons. The van der Waals surface area contributed by atoms with Crippen molar-refractivity contribution in [1.29, 1.82) is 0 Å². The van der Waals surface area contributed by atoms with Gasteiger partial charge in [-0.2, -0.15) is 0 Å². The molecule has 0 radical (unpaired) electrons. The first kappa shape index (κ1) is 21.0. The minimum atomic E-state index is -0.818. The van der Waals surface area contributed by atoms with Gasteiger partial charge >= 0.3 is 12.1 Å². The highest BCUT2D eigenvalue weighted by molar-refractivity contribution is 5.74. The van der Waals surface area contributed by atoms with Gasteiger partial charge in [0, 0.05) is 25.5 Å². The van der Waals surface area contributed by atoms with E-state index in [9.17, 15) is 9.59 Å². The zero-order valence-electron chi connectivity index (χ0n) is 16.9. The highest BCUT2D eigenvalue weighted by Gasteiger charge is 2.49. The molecule has 1 fully saturated rings. The summed E-state index contributed by atoms with van der Waals surface area (Å²) in [6, 6.07) is 3.02. The third-order valence-corrected chi connectivity index (χ3v) is 4.19. The lowest BCUT2D eigenvalue weighted by atomic mass is 10.1. The molecule has 0 saturated carbocycles. The summed E-state index contributed by atoms with van der Waals surface area (Å²) < 4.78 is 11.4. The first-order chi connectivity index (χ1) is 12.5. The van der Waals surface area contributed by atoms with Gasteiger partial charge in [0.1, 0.15) is 11.3 Å². The van der Waals surface area contributed by atoms with Gasteiger partial charge in [0.25, 0.3) is 0 Å². The van der Waals surface area contributed by atoms with Gasteiger partial charge in [0.05, 0.1) is 12.1 Å². The van der Waals surface area contributed by atoms with E-state index in [1.54, 1.807) is 17.3 Å². The van der Waals surface area contributed by atoms with Gasteiger partial charge < -0.3 is 20.1 Å². The molecule has 2 heterocycles. The number of ether oxygens (including phenoxy) is 2. The summed E-state index contributed by atoms with van der Waals surface area (Å²) in [5.41, 5.74) is -0.477. The molecule has 8 heteroatoms. The molecule has 8 nitrogen and oxygen atoms in total. The third-order valence-electron chi connectivity index (χ3n) is 4.19. The van der Waals surface area contributed by atoms with Crippen LogP contribution < -0.4 is 10.6 Å². The molecule has 1 aliphatic heterocycles. The van der Waals surface area contributed by atoms with Gasteiger partial charge in [-0.3, -0.25) is 9.88 Å². The molecular weight excluding hydrogens is 348 g/mol. The fourth-order valence-corrected chi connectivity index (χ4v) is 3.07. The lowest BCUT2D eigenvalue weighted by Gasteiger charge is -2.35. The Morgan fingerprint density at radius 3 is 2.48 bits per heavy atom. The van der Waals surface area contributed by atoms with Crippen molar-refractivity contribution in [2.75, 3.05) is 6.54 Å². The highest BCUT2D eigenvalue weighted by Crippen LogP contribution is 2.33. The van der Waals surface area contributed by atoms with E-state index >= 15 is 0 Å². The number of hydrogen-bond acceptors (Lipinski definition) is 5. The number of amides is 3.